The maximum Gasteiger partial charge on any atom is 0.289 e. The zero-order valence-corrected chi connectivity index (χ0v) is 15.1. The number of halogens is 1. The van der Waals surface area contributed by atoms with Crippen LogP contribution < -0.4 is 0 Å². The first-order chi connectivity index (χ1) is 11.6. The van der Waals surface area contributed by atoms with E-state index in [9.17, 15) is 4.79 Å². The van der Waals surface area contributed by atoms with E-state index in [-0.39, 0.29) is 11.1 Å². The number of amides is 1. The number of piperidine rings is 1. The Labute approximate surface area is 150 Å². The molecule has 2 fully saturated rings. The van der Waals surface area contributed by atoms with Crippen molar-refractivity contribution in [2.45, 2.75) is 31.8 Å². The van der Waals surface area contributed by atoms with E-state index in [4.69, 9.17) is 16.0 Å². The summed E-state index contributed by atoms with van der Waals surface area (Å²) in [6.07, 6.45) is 5.20. The number of carbonyl (C=O) groups is 1. The summed E-state index contributed by atoms with van der Waals surface area (Å²) in [6.45, 7) is 2.50. The minimum atomic E-state index is -0.0508. The second kappa shape index (κ2) is 6.17. The molecule has 0 bridgehead atoms. The third-order valence-electron chi connectivity index (χ3n) is 5.38. The summed E-state index contributed by atoms with van der Waals surface area (Å²) >= 11 is 7.47. The molecule has 0 radical (unpaired) electrons. The molecule has 24 heavy (non-hydrogen) atoms. The number of rotatable bonds is 4. The zero-order valence-electron chi connectivity index (χ0n) is 13.6. The van der Waals surface area contributed by atoms with Crippen molar-refractivity contribution in [1.29, 1.82) is 0 Å². The lowest BCUT2D eigenvalue weighted by Crippen LogP contribution is -2.41. The summed E-state index contributed by atoms with van der Waals surface area (Å²) in [4.78, 5) is 21.1. The van der Waals surface area contributed by atoms with Gasteiger partial charge >= 0.3 is 0 Å². The van der Waals surface area contributed by atoms with Crippen LogP contribution in [-0.4, -0.2) is 46.9 Å². The number of hydrogen-bond donors (Lipinski definition) is 0. The van der Waals surface area contributed by atoms with Crippen LogP contribution in [0.5, 0.6) is 0 Å². The Hall–Kier alpha value is -1.37. The highest BCUT2D eigenvalue weighted by molar-refractivity contribution is 7.09. The molecule has 2 aliphatic rings. The predicted molar refractivity (Wildman–Crippen MR) is 93.3 cm³/mol. The van der Waals surface area contributed by atoms with Crippen molar-refractivity contribution in [2.24, 2.45) is 5.41 Å². The average Bonchev–Trinajstić information content (AvgIpc) is 2.95. The fraction of sp³-hybridized carbons (Fsp3) is 0.529. The van der Waals surface area contributed by atoms with E-state index >= 15 is 0 Å². The minimum Gasteiger partial charge on any atom is -0.440 e. The summed E-state index contributed by atoms with van der Waals surface area (Å²) in [5.74, 6) is 0.286. The van der Waals surface area contributed by atoms with Crippen LogP contribution in [0.3, 0.4) is 0 Å². The highest BCUT2D eigenvalue weighted by atomic mass is 35.5. The Morgan fingerprint density at radius 3 is 2.92 bits per heavy atom. The van der Waals surface area contributed by atoms with E-state index in [2.05, 4.69) is 16.9 Å². The molecule has 1 aliphatic heterocycles. The van der Waals surface area contributed by atoms with Crippen molar-refractivity contribution >= 4 is 28.8 Å². The van der Waals surface area contributed by atoms with Crippen LogP contribution in [0.2, 0.25) is 5.22 Å². The van der Waals surface area contributed by atoms with E-state index < -0.39 is 0 Å². The van der Waals surface area contributed by atoms with Crippen LogP contribution in [0, 0.1) is 5.41 Å². The second-order valence-corrected chi connectivity index (χ2v) is 8.17. The molecular formula is C17H20ClN3O2S. The SMILES string of the molecule is CN(Cc1nccs1)C1CC12CCN(C(=O)c1ccc(Cl)o1)CC2. The van der Waals surface area contributed by atoms with Gasteiger partial charge in [-0.15, -0.1) is 11.3 Å². The molecule has 3 heterocycles. The Morgan fingerprint density at radius 1 is 1.50 bits per heavy atom. The molecular weight excluding hydrogens is 346 g/mol. The highest BCUT2D eigenvalue weighted by Crippen LogP contribution is 2.56. The number of hydrogen-bond acceptors (Lipinski definition) is 5. The first kappa shape index (κ1) is 16.1. The normalized spacial score (nSPS) is 22.3. The average molecular weight is 366 g/mol. The molecule has 1 amide bonds. The van der Waals surface area contributed by atoms with Gasteiger partial charge in [0.1, 0.15) is 5.01 Å². The van der Waals surface area contributed by atoms with Crippen molar-refractivity contribution in [3.63, 3.8) is 0 Å². The summed E-state index contributed by atoms with van der Waals surface area (Å²) in [7, 11) is 2.18. The number of aromatic nitrogens is 1. The third-order valence-corrected chi connectivity index (χ3v) is 6.34. The molecule has 1 atom stereocenters. The lowest BCUT2D eigenvalue weighted by Gasteiger charge is -2.33. The first-order valence-electron chi connectivity index (χ1n) is 8.21. The van der Waals surface area contributed by atoms with Crippen LogP contribution in [0.1, 0.15) is 34.8 Å². The first-order valence-corrected chi connectivity index (χ1v) is 9.46. The highest BCUT2D eigenvalue weighted by Gasteiger charge is 2.56. The van der Waals surface area contributed by atoms with E-state index in [0.717, 1.165) is 32.5 Å². The maximum absolute atomic E-state index is 12.4. The topological polar surface area (TPSA) is 49.6 Å². The number of thiazole rings is 1. The summed E-state index contributed by atoms with van der Waals surface area (Å²) in [5.41, 5.74) is 0.379. The summed E-state index contributed by atoms with van der Waals surface area (Å²) in [5, 5.41) is 3.45. The Balaban J connectivity index is 1.33. The number of furan rings is 1. The van der Waals surface area contributed by atoms with E-state index in [0.29, 0.717) is 17.2 Å². The van der Waals surface area contributed by atoms with Gasteiger partial charge in [-0.1, -0.05) is 0 Å². The molecule has 1 unspecified atom stereocenters. The molecule has 2 aromatic rings. The Bertz CT molecular complexity index is 722. The molecule has 1 saturated heterocycles. The molecule has 7 heteroatoms. The van der Waals surface area contributed by atoms with Crippen molar-refractivity contribution in [3.8, 4) is 0 Å². The monoisotopic (exact) mass is 365 g/mol. The van der Waals surface area contributed by atoms with Crippen molar-refractivity contribution in [1.82, 2.24) is 14.8 Å². The quantitative estimate of drug-likeness (QED) is 0.831. The third kappa shape index (κ3) is 2.98. The molecule has 4 rings (SSSR count). The molecule has 0 N–H and O–H groups in total. The van der Waals surface area contributed by atoms with Gasteiger partial charge in [-0.2, -0.15) is 0 Å². The van der Waals surface area contributed by atoms with Crippen LogP contribution in [0.4, 0.5) is 0 Å². The van der Waals surface area contributed by atoms with Crippen molar-refractivity contribution in [2.75, 3.05) is 20.1 Å². The van der Waals surface area contributed by atoms with Gasteiger partial charge in [0.15, 0.2) is 11.0 Å². The molecule has 128 valence electrons. The number of nitrogens with zero attached hydrogens (tertiary/aromatic N) is 3. The lowest BCUT2D eigenvalue weighted by atomic mass is 9.92. The molecule has 1 saturated carbocycles. The predicted octanol–water partition coefficient (Wildman–Crippen LogP) is 3.52. The molecule has 0 aromatic carbocycles. The van der Waals surface area contributed by atoms with E-state index in [1.807, 2.05) is 16.5 Å². The van der Waals surface area contributed by atoms with Crippen LogP contribution in [-0.2, 0) is 6.54 Å². The molecule has 1 aliphatic carbocycles. The van der Waals surface area contributed by atoms with Gasteiger partial charge in [-0.3, -0.25) is 9.69 Å². The number of carbonyl (C=O) groups excluding carboxylic acids is 1. The summed E-state index contributed by atoms with van der Waals surface area (Å²) < 4.78 is 5.24. The standard InChI is InChI=1S/C17H20ClN3O2S/c1-20(11-15-19-6-9-24-15)13-10-17(13)4-7-21(8-5-17)16(22)12-2-3-14(18)23-12/h2-3,6,9,13H,4-5,7-8,10-11H2,1H3. The van der Waals surface area contributed by atoms with Gasteiger partial charge in [0.25, 0.3) is 5.91 Å². The van der Waals surface area contributed by atoms with Gasteiger partial charge in [0, 0.05) is 30.7 Å². The Morgan fingerprint density at radius 2 is 2.29 bits per heavy atom. The molecule has 2 aromatic heterocycles. The Kier molecular flexibility index (Phi) is 4.14. The fourth-order valence-corrected chi connectivity index (χ4v) is 4.71. The van der Waals surface area contributed by atoms with Gasteiger partial charge in [-0.25, -0.2) is 4.98 Å². The zero-order chi connectivity index (χ0) is 16.7. The van der Waals surface area contributed by atoms with Crippen LogP contribution in [0.15, 0.2) is 28.1 Å². The molecule has 5 nitrogen and oxygen atoms in total. The maximum atomic E-state index is 12.4. The molecule has 1 spiro atoms. The van der Waals surface area contributed by atoms with Crippen LogP contribution in [0.25, 0.3) is 0 Å². The van der Waals surface area contributed by atoms with E-state index in [1.165, 1.54) is 11.4 Å². The number of likely N-dealkylation sites (tertiary alicyclic amines) is 1. The van der Waals surface area contributed by atoms with Crippen molar-refractivity contribution in [3.05, 3.63) is 39.7 Å². The van der Waals surface area contributed by atoms with Gasteiger partial charge in [0.05, 0.1) is 6.54 Å². The smallest absolute Gasteiger partial charge is 0.289 e. The van der Waals surface area contributed by atoms with Gasteiger partial charge < -0.3 is 9.32 Å². The van der Waals surface area contributed by atoms with E-state index in [1.54, 1.807) is 23.5 Å². The fourth-order valence-electron chi connectivity index (χ4n) is 3.88. The largest absolute Gasteiger partial charge is 0.440 e. The second-order valence-electron chi connectivity index (χ2n) is 6.82. The summed E-state index contributed by atoms with van der Waals surface area (Å²) in [6, 6.07) is 3.87. The van der Waals surface area contributed by atoms with Crippen LogP contribution >= 0.6 is 22.9 Å². The van der Waals surface area contributed by atoms with Gasteiger partial charge in [0.2, 0.25) is 0 Å². The van der Waals surface area contributed by atoms with Crippen molar-refractivity contribution < 1.29 is 9.21 Å². The lowest BCUT2D eigenvalue weighted by molar-refractivity contribution is 0.0626. The minimum absolute atomic E-state index is 0.0508. The van der Waals surface area contributed by atoms with Gasteiger partial charge in [-0.05, 0) is 55.5 Å².